The first-order valence-corrected chi connectivity index (χ1v) is 8.55. The summed E-state index contributed by atoms with van der Waals surface area (Å²) in [5.74, 6) is 0.395. The summed E-state index contributed by atoms with van der Waals surface area (Å²) in [5.41, 5.74) is 5.88. The third-order valence-electron chi connectivity index (χ3n) is 4.79. The number of hydrogen-bond donors (Lipinski definition) is 0. The maximum Gasteiger partial charge on any atom is 0.434 e. The second-order valence-corrected chi connectivity index (χ2v) is 6.68. The van der Waals surface area contributed by atoms with E-state index >= 15 is 0 Å². The van der Waals surface area contributed by atoms with Crippen molar-refractivity contribution in [2.24, 2.45) is 0 Å². The van der Waals surface area contributed by atoms with Crippen molar-refractivity contribution in [1.82, 2.24) is 9.78 Å². The number of rotatable bonds is 3. The molecule has 1 aliphatic rings. The van der Waals surface area contributed by atoms with Crippen molar-refractivity contribution in [3.63, 3.8) is 0 Å². The summed E-state index contributed by atoms with van der Waals surface area (Å²) < 4.78 is 6.86. The minimum absolute atomic E-state index is 0.0662. The maximum absolute atomic E-state index is 12.3. The topological polar surface area (TPSA) is 44.1 Å². The van der Waals surface area contributed by atoms with Gasteiger partial charge in [0.2, 0.25) is 0 Å². The lowest BCUT2D eigenvalue weighted by Gasteiger charge is -2.13. The smallest absolute Gasteiger partial charge is 0.434 e. The van der Waals surface area contributed by atoms with Gasteiger partial charge in [0.15, 0.2) is 0 Å². The molecule has 0 saturated heterocycles. The Balaban J connectivity index is 1.55. The van der Waals surface area contributed by atoms with Gasteiger partial charge in [-0.05, 0) is 33.7 Å². The van der Waals surface area contributed by atoms with E-state index < -0.39 is 6.09 Å². The third kappa shape index (κ3) is 2.74. The molecule has 0 fully saturated rings. The molecule has 0 saturated carbocycles. The van der Waals surface area contributed by atoms with Crippen molar-refractivity contribution in [2.75, 3.05) is 6.61 Å². The molecule has 3 aromatic rings. The van der Waals surface area contributed by atoms with Crippen molar-refractivity contribution in [1.29, 1.82) is 0 Å². The zero-order valence-corrected chi connectivity index (χ0v) is 14.3. The zero-order valence-electron chi connectivity index (χ0n) is 14.3. The molecule has 1 aliphatic carbocycles. The van der Waals surface area contributed by atoms with E-state index in [2.05, 4.69) is 43.2 Å². The van der Waals surface area contributed by atoms with Crippen LogP contribution in [0, 0.1) is 0 Å². The minimum atomic E-state index is -0.436. The zero-order chi connectivity index (χ0) is 17.4. The molecule has 0 atom stereocenters. The fraction of sp³-hybridized carbons (Fsp3) is 0.238. The fourth-order valence-electron chi connectivity index (χ4n) is 3.39. The van der Waals surface area contributed by atoms with Gasteiger partial charge in [0.25, 0.3) is 0 Å². The van der Waals surface area contributed by atoms with Gasteiger partial charge in [0.05, 0.1) is 6.20 Å². The third-order valence-corrected chi connectivity index (χ3v) is 4.79. The lowest BCUT2D eigenvalue weighted by molar-refractivity contribution is 0.141. The molecule has 0 bridgehead atoms. The van der Waals surface area contributed by atoms with Crippen LogP contribution >= 0.6 is 0 Å². The highest BCUT2D eigenvalue weighted by Crippen LogP contribution is 2.44. The predicted molar refractivity (Wildman–Crippen MR) is 96.8 cm³/mol. The van der Waals surface area contributed by atoms with Crippen LogP contribution in [0.4, 0.5) is 4.79 Å². The molecule has 0 amide bonds. The number of nitrogens with zero attached hydrogens (tertiary/aromatic N) is 2. The number of ether oxygens (including phenoxy) is 1. The second kappa shape index (κ2) is 6.20. The van der Waals surface area contributed by atoms with Crippen LogP contribution in [0.3, 0.4) is 0 Å². The summed E-state index contributed by atoms with van der Waals surface area (Å²) in [6.07, 6.45) is 3.02. The molecule has 0 unspecified atom stereocenters. The lowest BCUT2D eigenvalue weighted by Crippen LogP contribution is -2.18. The highest BCUT2D eigenvalue weighted by atomic mass is 16.6. The Morgan fingerprint density at radius 1 is 1.08 bits per heavy atom. The molecule has 126 valence electrons. The van der Waals surface area contributed by atoms with Gasteiger partial charge in [-0.1, -0.05) is 62.4 Å². The average molecular weight is 332 g/mol. The number of fused-ring (bicyclic) bond motifs is 3. The molecule has 0 aliphatic heterocycles. The molecule has 4 rings (SSSR count). The molecular formula is C21H20N2O2. The minimum Gasteiger partial charge on any atom is -0.447 e. The maximum atomic E-state index is 12.3. The Kier molecular flexibility index (Phi) is 3.88. The normalized spacial score (nSPS) is 12.9. The Morgan fingerprint density at radius 3 is 2.24 bits per heavy atom. The number of benzene rings is 2. The van der Waals surface area contributed by atoms with Gasteiger partial charge in [-0.15, -0.1) is 0 Å². The first-order chi connectivity index (χ1) is 12.1. The lowest BCUT2D eigenvalue weighted by atomic mass is 9.98. The first kappa shape index (κ1) is 15.6. The van der Waals surface area contributed by atoms with Crippen LogP contribution in [0.25, 0.3) is 11.1 Å². The van der Waals surface area contributed by atoms with Crippen LogP contribution in [0.1, 0.15) is 42.4 Å². The summed E-state index contributed by atoms with van der Waals surface area (Å²) in [4.78, 5) is 12.3. The van der Waals surface area contributed by atoms with Gasteiger partial charge in [0.1, 0.15) is 6.61 Å². The Morgan fingerprint density at radius 2 is 1.68 bits per heavy atom. The van der Waals surface area contributed by atoms with Crippen LogP contribution in [-0.2, 0) is 4.74 Å². The van der Waals surface area contributed by atoms with Gasteiger partial charge in [-0.25, -0.2) is 4.79 Å². The fourth-order valence-corrected chi connectivity index (χ4v) is 3.39. The summed E-state index contributed by atoms with van der Waals surface area (Å²) in [6, 6.07) is 16.6. The van der Waals surface area contributed by atoms with E-state index in [1.54, 1.807) is 12.4 Å². The molecule has 1 aromatic heterocycles. The molecule has 0 radical (unpaired) electrons. The van der Waals surface area contributed by atoms with E-state index in [0.717, 1.165) is 5.56 Å². The van der Waals surface area contributed by atoms with E-state index in [1.165, 1.54) is 26.9 Å². The molecule has 0 N–H and O–H groups in total. The van der Waals surface area contributed by atoms with Gasteiger partial charge in [-0.3, -0.25) is 0 Å². The summed E-state index contributed by atoms with van der Waals surface area (Å²) >= 11 is 0. The van der Waals surface area contributed by atoms with Crippen molar-refractivity contribution in [3.8, 4) is 11.1 Å². The monoisotopic (exact) mass is 332 g/mol. The summed E-state index contributed by atoms with van der Waals surface area (Å²) in [6.45, 7) is 4.45. The van der Waals surface area contributed by atoms with Crippen molar-refractivity contribution in [2.45, 2.75) is 25.7 Å². The molecule has 4 heteroatoms. The van der Waals surface area contributed by atoms with E-state index in [4.69, 9.17) is 4.74 Å². The van der Waals surface area contributed by atoms with Crippen molar-refractivity contribution in [3.05, 3.63) is 77.6 Å². The number of carbonyl (C=O) groups is 1. The van der Waals surface area contributed by atoms with E-state index in [1.807, 2.05) is 24.3 Å². The highest BCUT2D eigenvalue weighted by molar-refractivity contribution is 5.79. The number of aromatic nitrogens is 2. The summed E-state index contributed by atoms with van der Waals surface area (Å²) in [7, 11) is 0. The van der Waals surface area contributed by atoms with E-state index in [0.29, 0.717) is 12.5 Å². The standard InChI is InChI=1S/C21H20N2O2/c1-14(2)15-11-22-23(12-15)21(24)25-13-20-18-9-5-3-7-16(18)17-8-4-6-10-19(17)20/h3-12,14,20H,13H2,1-2H3. The molecule has 25 heavy (non-hydrogen) atoms. The van der Waals surface area contributed by atoms with Gasteiger partial charge >= 0.3 is 6.09 Å². The van der Waals surface area contributed by atoms with Crippen LogP contribution in [0.5, 0.6) is 0 Å². The van der Waals surface area contributed by atoms with Gasteiger partial charge < -0.3 is 4.74 Å². The van der Waals surface area contributed by atoms with Crippen molar-refractivity contribution >= 4 is 6.09 Å². The molecule has 1 heterocycles. The second-order valence-electron chi connectivity index (χ2n) is 6.68. The first-order valence-electron chi connectivity index (χ1n) is 8.55. The van der Waals surface area contributed by atoms with Crippen LogP contribution in [-0.4, -0.2) is 22.5 Å². The largest absolute Gasteiger partial charge is 0.447 e. The van der Waals surface area contributed by atoms with Crippen molar-refractivity contribution < 1.29 is 9.53 Å². The summed E-state index contributed by atoms with van der Waals surface area (Å²) in [5, 5.41) is 4.11. The van der Waals surface area contributed by atoms with Gasteiger partial charge in [-0.2, -0.15) is 9.78 Å². The quantitative estimate of drug-likeness (QED) is 0.692. The SMILES string of the molecule is CC(C)c1cnn(C(=O)OCC2c3ccccc3-c3ccccc32)c1. The number of carbonyl (C=O) groups excluding carboxylic acids is 1. The van der Waals surface area contributed by atoms with E-state index in [9.17, 15) is 4.79 Å². The molecule has 2 aromatic carbocycles. The highest BCUT2D eigenvalue weighted by Gasteiger charge is 2.29. The molecule has 4 nitrogen and oxygen atoms in total. The van der Waals surface area contributed by atoms with Crippen LogP contribution in [0.15, 0.2) is 60.9 Å². The Hall–Kier alpha value is -2.88. The van der Waals surface area contributed by atoms with Gasteiger partial charge in [0, 0.05) is 12.1 Å². The van der Waals surface area contributed by atoms with Crippen LogP contribution in [0.2, 0.25) is 0 Å². The molecular weight excluding hydrogens is 312 g/mol. The van der Waals surface area contributed by atoms with E-state index in [-0.39, 0.29) is 5.92 Å². The molecule has 0 spiro atoms. The van der Waals surface area contributed by atoms with Crippen LogP contribution < -0.4 is 0 Å². The predicted octanol–water partition coefficient (Wildman–Crippen LogP) is 4.80. The average Bonchev–Trinajstić information content (AvgIpc) is 3.24. The Bertz CT molecular complexity index is 881. The number of hydrogen-bond acceptors (Lipinski definition) is 3. The Labute approximate surface area is 147 Å².